The van der Waals surface area contributed by atoms with Crippen molar-refractivity contribution < 1.29 is 18.8 Å². The topological polar surface area (TPSA) is 64.8 Å². The van der Waals surface area contributed by atoms with Gasteiger partial charge in [0.05, 0.1) is 25.8 Å². The lowest BCUT2D eigenvalue weighted by Crippen LogP contribution is -2.21. The first-order chi connectivity index (χ1) is 15.7. The third kappa shape index (κ3) is 7.09. The minimum Gasteiger partial charge on any atom is -0.469 e. The predicted molar refractivity (Wildman–Crippen MR) is 126 cm³/mol. The van der Waals surface area contributed by atoms with E-state index in [2.05, 4.69) is 64.2 Å². The van der Waals surface area contributed by atoms with Crippen LogP contribution in [-0.4, -0.2) is 37.9 Å². The number of methoxy groups -OCH3 is 1. The zero-order valence-electron chi connectivity index (χ0n) is 19.2. The molecule has 1 aromatic carbocycles. The predicted octanol–water partition coefficient (Wildman–Crippen LogP) is 5.34. The molecular formula is C26H34N2O4. The van der Waals surface area contributed by atoms with E-state index in [1.165, 1.54) is 23.9 Å². The lowest BCUT2D eigenvalue weighted by atomic mass is 10.1. The molecular weight excluding hydrogens is 404 g/mol. The summed E-state index contributed by atoms with van der Waals surface area (Å²) in [7, 11) is 1.37. The molecule has 0 N–H and O–H groups in total. The Morgan fingerprint density at radius 3 is 2.97 bits per heavy atom. The lowest BCUT2D eigenvalue weighted by Gasteiger charge is -2.18. The number of hydrogen-bond acceptors (Lipinski definition) is 6. The summed E-state index contributed by atoms with van der Waals surface area (Å²) >= 11 is 0. The SMILES string of the molecule is CC/C=C\C=C1/CN(CCCCCc2cc(COCCC(=O)OC)on2)c2ccccc21. The van der Waals surface area contributed by atoms with E-state index >= 15 is 0 Å². The summed E-state index contributed by atoms with van der Waals surface area (Å²) in [5.74, 6) is 0.413. The van der Waals surface area contributed by atoms with Crippen LogP contribution in [0.15, 0.2) is 53.1 Å². The second kappa shape index (κ2) is 12.9. The molecule has 0 amide bonds. The Kier molecular flexibility index (Phi) is 9.57. The maximum atomic E-state index is 11.1. The highest BCUT2D eigenvalue weighted by molar-refractivity contribution is 5.86. The molecule has 1 aliphatic heterocycles. The number of nitrogens with zero attached hydrogens (tertiary/aromatic N) is 2. The average Bonchev–Trinajstić information content (AvgIpc) is 3.41. The number of fused-ring (bicyclic) bond motifs is 1. The van der Waals surface area contributed by atoms with Crippen molar-refractivity contribution in [2.45, 2.75) is 52.1 Å². The number of esters is 1. The van der Waals surface area contributed by atoms with Crippen molar-refractivity contribution in [1.29, 1.82) is 0 Å². The summed E-state index contributed by atoms with van der Waals surface area (Å²) in [5, 5.41) is 4.13. The number of benzene rings is 1. The fourth-order valence-corrected chi connectivity index (χ4v) is 3.82. The maximum Gasteiger partial charge on any atom is 0.307 e. The normalized spacial score (nSPS) is 14.4. The monoisotopic (exact) mass is 438 g/mol. The van der Waals surface area contributed by atoms with Crippen LogP contribution in [0.3, 0.4) is 0 Å². The van der Waals surface area contributed by atoms with Crippen LogP contribution in [0.1, 0.15) is 56.0 Å². The quantitative estimate of drug-likeness (QED) is 0.311. The van der Waals surface area contributed by atoms with Gasteiger partial charge in [0.15, 0.2) is 5.76 Å². The van der Waals surface area contributed by atoms with Crippen LogP contribution < -0.4 is 4.90 Å². The van der Waals surface area contributed by atoms with Crippen LogP contribution in [0.4, 0.5) is 5.69 Å². The summed E-state index contributed by atoms with van der Waals surface area (Å²) in [6.45, 7) is 4.83. The van der Waals surface area contributed by atoms with E-state index in [0.29, 0.717) is 19.0 Å². The second-order valence-electron chi connectivity index (χ2n) is 7.94. The molecule has 2 heterocycles. The van der Waals surface area contributed by atoms with E-state index in [0.717, 1.165) is 50.9 Å². The molecule has 6 heteroatoms. The first-order valence-corrected chi connectivity index (χ1v) is 11.5. The Morgan fingerprint density at radius 1 is 1.25 bits per heavy atom. The van der Waals surface area contributed by atoms with Gasteiger partial charge in [-0.1, -0.05) is 54.9 Å². The van der Waals surface area contributed by atoms with Crippen LogP contribution in [0.2, 0.25) is 0 Å². The molecule has 0 saturated heterocycles. The number of hydrogen-bond donors (Lipinski definition) is 0. The van der Waals surface area contributed by atoms with Gasteiger partial charge < -0.3 is 18.9 Å². The van der Waals surface area contributed by atoms with E-state index < -0.39 is 0 Å². The number of aromatic nitrogens is 1. The number of allylic oxidation sites excluding steroid dienone is 3. The Hall–Kier alpha value is -2.86. The third-order valence-corrected chi connectivity index (χ3v) is 5.51. The summed E-state index contributed by atoms with van der Waals surface area (Å²) in [4.78, 5) is 13.6. The summed E-state index contributed by atoms with van der Waals surface area (Å²) in [6.07, 6.45) is 12.2. The fraction of sp³-hybridized carbons (Fsp3) is 0.462. The Morgan fingerprint density at radius 2 is 2.12 bits per heavy atom. The fourth-order valence-electron chi connectivity index (χ4n) is 3.82. The van der Waals surface area contributed by atoms with E-state index in [9.17, 15) is 4.79 Å². The molecule has 0 radical (unpaired) electrons. The zero-order chi connectivity index (χ0) is 22.6. The first-order valence-electron chi connectivity index (χ1n) is 11.5. The van der Waals surface area contributed by atoms with Crippen molar-refractivity contribution in [2.75, 3.05) is 31.7 Å². The van der Waals surface area contributed by atoms with Crippen molar-refractivity contribution >= 4 is 17.2 Å². The molecule has 3 rings (SSSR count). The molecule has 2 aromatic rings. The van der Waals surface area contributed by atoms with Crippen molar-refractivity contribution in [3.05, 3.63) is 65.6 Å². The number of ether oxygens (including phenoxy) is 2. The molecule has 0 aliphatic carbocycles. The van der Waals surface area contributed by atoms with E-state index in [4.69, 9.17) is 9.26 Å². The van der Waals surface area contributed by atoms with Crippen molar-refractivity contribution in [3.8, 4) is 0 Å². The number of rotatable bonds is 13. The molecule has 1 aliphatic rings. The highest BCUT2D eigenvalue weighted by Gasteiger charge is 2.21. The molecule has 32 heavy (non-hydrogen) atoms. The summed E-state index contributed by atoms with van der Waals surface area (Å²) < 4.78 is 15.3. The van der Waals surface area contributed by atoms with E-state index in [-0.39, 0.29) is 12.4 Å². The van der Waals surface area contributed by atoms with Crippen LogP contribution >= 0.6 is 0 Å². The Bertz CT molecular complexity index is 916. The zero-order valence-corrected chi connectivity index (χ0v) is 19.2. The van der Waals surface area contributed by atoms with Crippen LogP contribution in [-0.2, 0) is 27.3 Å². The number of unbranched alkanes of at least 4 members (excludes halogenated alkanes) is 2. The largest absolute Gasteiger partial charge is 0.469 e. The van der Waals surface area contributed by atoms with Gasteiger partial charge in [0.2, 0.25) is 0 Å². The van der Waals surface area contributed by atoms with Crippen LogP contribution in [0.25, 0.3) is 5.57 Å². The highest BCUT2D eigenvalue weighted by atomic mass is 16.5. The molecule has 0 spiro atoms. The molecule has 0 fully saturated rings. The van der Waals surface area contributed by atoms with Crippen molar-refractivity contribution in [3.63, 3.8) is 0 Å². The molecule has 0 atom stereocenters. The summed E-state index contributed by atoms with van der Waals surface area (Å²) in [6, 6.07) is 10.6. The molecule has 6 nitrogen and oxygen atoms in total. The molecule has 0 bridgehead atoms. The van der Waals surface area contributed by atoms with Gasteiger partial charge in [-0.25, -0.2) is 0 Å². The van der Waals surface area contributed by atoms with Gasteiger partial charge in [-0.15, -0.1) is 0 Å². The molecule has 1 aromatic heterocycles. The van der Waals surface area contributed by atoms with E-state index in [1.54, 1.807) is 0 Å². The van der Waals surface area contributed by atoms with E-state index in [1.807, 2.05) is 6.07 Å². The number of anilines is 1. The van der Waals surface area contributed by atoms with Crippen LogP contribution in [0.5, 0.6) is 0 Å². The average molecular weight is 439 g/mol. The van der Waals surface area contributed by atoms with Gasteiger partial charge in [0.25, 0.3) is 0 Å². The molecule has 172 valence electrons. The van der Waals surface area contributed by atoms with Gasteiger partial charge in [-0.2, -0.15) is 0 Å². The summed E-state index contributed by atoms with van der Waals surface area (Å²) in [5.41, 5.74) is 5.06. The van der Waals surface area contributed by atoms with Gasteiger partial charge in [0, 0.05) is 30.4 Å². The number of carbonyl (C=O) groups is 1. The highest BCUT2D eigenvalue weighted by Crippen LogP contribution is 2.35. The smallest absolute Gasteiger partial charge is 0.307 e. The Labute approximate surface area is 190 Å². The minimum absolute atomic E-state index is 0.242. The van der Waals surface area contributed by atoms with Crippen molar-refractivity contribution in [1.82, 2.24) is 5.16 Å². The molecule has 0 unspecified atom stereocenters. The van der Waals surface area contributed by atoms with Crippen LogP contribution in [0, 0.1) is 0 Å². The third-order valence-electron chi connectivity index (χ3n) is 5.51. The molecule has 0 saturated carbocycles. The second-order valence-corrected chi connectivity index (χ2v) is 7.94. The lowest BCUT2D eigenvalue weighted by molar-refractivity contribution is -0.142. The number of para-hydroxylation sites is 1. The van der Waals surface area contributed by atoms with Gasteiger partial charge in [-0.05, 0) is 37.3 Å². The number of carbonyl (C=O) groups excluding carboxylic acids is 1. The first kappa shape index (κ1) is 23.8. The number of aryl methyl sites for hydroxylation is 1. The van der Waals surface area contributed by atoms with Gasteiger partial charge in [-0.3, -0.25) is 4.79 Å². The van der Waals surface area contributed by atoms with Gasteiger partial charge >= 0.3 is 5.97 Å². The maximum absolute atomic E-state index is 11.1. The van der Waals surface area contributed by atoms with Gasteiger partial charge in [0.1, 0.15) is 6.61 Å². The standard InChI is InChI=1S/C26H34N2O4/c1-3-4-6-11-21-19-28(25-14-9-8-13-24(21)25)16-10-5-7-12-22-18-23(32-27-22)20-31-17-15-26(29)30-2/h4,6,8-9,11,13-14,18H,3,5,7,10,12,15-17,19-20H2,1-2H3/b6-4-,21-11+. The van der Waals surface area contributed by atoms with Crippen molar-refractivity contribution in [2.24, 2.45) is 0 Å². The Balaban J connectivity index is 1.36. The minimum atomic E-state index is -0.277.